The van der Waals surface area contributed by atoms with Crippen LogP contribution in [0.15, 0.2) is 115 Å². The van der Waals surface area contributed by atoms with Gasteiger partial charge in [-0.25, -0.2) is 4.39 Å². The number of rotatable bonds is 5. The molecule has 0 N–H and O–H groups in total. The van der Waals surface area contributed by atoms with E-state index in [-0.39, 0.29) is 16.5 Å². The number of amides is 2. The lowest BCUT2D eigenvalue weighted by Gasteiger charge is -2.36. The van der Waals surface area contributed by atoms with Gasteiger partial charge >= 0.3 is 0 Å². The highest BCUT2D eigenvalue weighted by molar-refractivity contribution is 7.81. The van der Waals surface area contributed by atoms with Gasteiger partial charge in [-0.3, -0.25) is 19.4 Å². The number of carbonyl (C=O) groups excluding carboxylic acids is 2. The van der Waals surface area contributed by atoms with Gasteiger partial charge in [-0.1, -0.05) is 72.8 Å². The molecule has 0 unspecified atom stereocenters. The molecule has 4 aromatic carbocycles. The second-order valence-corrected chi connectivity index (χ2v) is 8.71. The molecule has 1 heterocycles. The maximum Gasteiger partial charge on any atom is 0.270 e. The first kappa shape index (κ1) is 23.3. The van der Waals surface area contributed by atoms with Crippen molar-refractivity contribution in [2.75, 3.05) is 9.80 Å². The van der Waals surface area contributed by atoms with Crippen LogP contribution in [-0.4, -0.2) is 16.9 Å². The highest BCUT2D eigenvalue weighted by Crippen LogP contribution is 2.29. The Balaban J connectivity index is 1.50. The number of carbonyl (C=O) groups is 2. The third kappa shape index (κ3) is 4.72. The number of thiocarbonyl (C=S) groups is 1. The number of benzene rings is 4. The third-order valence-electron chi connectivity index (χ3n) is 5.87. The smallest absolute Gasteiger partial charge is 0.268 e. The highest BCUT2D eigenvalue weighted by atomic mass is 32.1. The molecule has 5 rings (SSSR count). The molecule has 0 atom stereocenters. The molecule has 176 valence electrons. The predicted octanol–water partition coefficient (Wildman–Crippen LogP) is 6.16. The molecule has 0 aliphatic carbocycles. The van der Waals surface area contributed by atoms with E-state index in [1.807, 2.05) is 66.7 Å². The van der Waals surface area contributed by atoms with Crippen LogP contribution in [0.3, 0.4) is 0 Å². The maximum atomic E-state index is 13.6. The molecule has 0 bridgehead atoms. The summed E-state index contributed by atoms with van der Waals surface area (Å²) in [6.07, 6.45) is 2.16. The number of para-hydroxylation sites is 2. The zero-order chi connectivity index (χ0) is 25.1. The van der Waals surface area contributed by atoms with Crippen molar-refractivity contribution in [2.24, 2.45) is 0 Å². The van der Waals surface area contributed by atoms with Gasteiger partial charge < -0.3 is 0 Å². The SMILES string of the molecule is O=C1C(=Cc2ccc(Cc3cccc(F)c3)cc2)C(=O)N(c2ccccc2)C(=S)N1c1ccccc1. The summed E-state index contributed by atoms with van der Waals surface area (Å²) in [6.45, 7) is 0. The van der Waals surface area contributed by atoms with E-state index in [4.69, 9.17) is 12.2 Å². The molecule has 2 amide bonds. The Hall–Kier alpha value is -4.42. The number of hydrogen-bond donors (Lipinski definition) is 0. The Morgan fingerprint density at radius 2 is 1.22 bits per heavy atom. The second-order valence-electron chi connectivity index (χ2n) is 8.34. The normalized spacial score (nSPS) is 13.8. The van der Waals surface area contributed by atoms with E-state index in [0.29, 0.717) is 23.4 Å². The van der Waals surface area contributed by atoms with Crippen molar-refractivity contribution in [3.8, 4) is 0 Å². The third-order valence-corrected chi connectivity index (χ3v) is 6.23. The van der Waals surface area contributed by atoms with Crippen LogP contribution in [0.1, 0.15) is 16.7 Å². The zero-order valence-electron chi connectivity index (χ0n) is 19.2. The van der Waals surface area contributed by atoms with Crippen molar-refractivity contribution >= 4 is 46.6 Å². The maximum absolute atomic E-state index is 13.6. The van der Waals surface area contributed by atoms with Crippen LogP contribution in [0.4, 0.5) is 15.8 Å². The minimum absolute atomic E-state index is 0.00851. The molecule has 0 spiro atoms. The highest BCUT2D eigenvalue weighted by Gasteiger charge is 2.41. The first-order valence-electron chi connectivity index (χ1n) is 11.4. The van der Waals surface area contributed by atoms with Gasteiger partial charge in [0.1, 0.15) is 11.4 Å². The lowest BCUT2D eigenvalue weighted by atomic mass is 10.0. The average molecular weight is 493 g/mol. The molecular formula is C30H21FN2O2S. The summed E-state index contributed by atoms with van der Waals surface area (Å²) in [5.74, 6) is -1.23. The minimum Gasteiger partial charge on any atom is -0.268 e. The Kier molecular flexibility index (Phi) is 6.52. The van der Waals surface area contributed by atoms with Crippen LogP contribution < -0.4 is 9.80 Å². The second kappa shape index (κ2) is 10.1. The molecule has 0 saturated carbocycles. The zero-order valence-corrected chi connectivity index (χ0v) is 20.0. The predicted molar refractivity (Wildman–Crippen MR) is 144 cm³/mol. The average Bonchev–Trinajstić information content (AvgIpc) is 2.89. The Labute approximate surface area is 213 Å². The molecule has 1 fully saturated rings. The van der Waals surface area contributed by atoms with E-state index in [0.717, 1.165) is 11.1 Å². The topological polar surface area (TPSA) is 40.6 Å². The van der Waals surface area contributed by atoms with Gasteiger partial charge in [0, 0.05) is 0 Å². The van der Waals surface area contributed by atoms with Gasteiger partial charge in [-0.15, -0.1) is 0 Å². The van der Waals surface area contributed by atoms with Gasteiger partial charge in [-0.2, -0.15) is 0 Å². The van der Waals surface area contributed by atoms with Gasteiger partial charge in [0.15, 0.2) is 5.11 Å². The first-order chi connectivity index (χ1) is 17.5. The van der Waals surface area contributed by atoms with Gasteiger partial charge in [0.2, 0.25) is 0 Å². The van der Waals surface area contributed by atoms with Crippen LogP contribution in [0.25, 0.3) is 6.08 Å². The van der Waals surface area contributed by atoms with Gasteiger partial charge in [-0.05, 0) is 77.8 Å². The largest absolute Gasteiger partial charge is 0.270 e. The molecule has 4 nitrogen and oxygen atoms in total. The van der Waals surface area contributed by atoms with E-state index >= 15 is 0 Å². The van der Waals surface area contributed by atoms with Crippen molar-refractivity contribution in [3.63, 3.8) is 0 Å². The quantitative estimate of drug-likeness (QED) is 0.190. The summed E-state index contributed by atoms with van der Waals surface area (Å²) in [6, 6.07) is 32.1. The summed E-state index contributed by atoms with van der Waals surface area (Å²) in [5, 5.41) is 0.102. The fourth-order valence-corrected chi connectivity index (χ4v) is 4.50. The number of hydrogen-bond acceptors (Lipinski definition) is 3. The van der Waals surface area contributed by atoms with Crippen LogP contribution in [-0.2, 0) is 16.0 Å². The lowest BCUT2D eigenvalue weighted by molar-refractivity contribution is -0.120. The van der Waals surface area contributed by atoms with Crippen LogP contribution in [0.2, 0.25) is 0 Å². The molecule has 6 heteroatoms. The Morgan fingerprint density at radius 3 is 1.75 bits per heavy atom. The summed E-state index contributed by atoms with van der Waals surface area (Å²) < 4.78 is 13.5. The summed E-state index contributed by atoms with van der Waals surface area (Å²) in [7, 11) is 0. The first-order valence-corrected chi connectivity index (χ1v) is 11.8. The molecule has 4 aromatic rings. The summed E-state index contributed by atoms with van der Waals surface area (Å²) in [5.41, 5.74) is 3.72. The molecular weight excluding hydrogens is 471 g/mol. The van der Waals surface area contributed by atoms with Crippen molar-refractivity contribution < 1.29 is 14.0 Å². The van der Waals surface area contributed by atoms with E-state index in [9.17, 15) is 14.0 Å². The van der Waals surface area contributed by atoms with Gasteiger partial charge in [0.05, 0.1) is 11.4 Å². The van der Waals surface area contributed by atoms with E-state index in [2.05, 4.69) is 0 Å². The molecule has 1 saturated heterocycles. The molecule has 1 aliphatic heterocycles. The van der Waals surface area contributed by atoms with E-state index in [1.165, 1.54) is 21.9 Å². The summed E-state index contributed by atoms with van der Waals surface area (Å²) in [4.78, 5) is 29.9. The molecule has 36 heavy (non-hydrogen) atoms. The molecule has 0 aromatic heterocycles. The van der Waals surface area contributed by atoms with Crippen LogP contribution >= 0.6 is 12.2 Å². The van der Waals surface area contributed by atoms with Crippen molar-refractivity contribution in [1.29, 1.82) is 0 Å². The van der Waals surface area contributed by atoms with Crippen molar-refractivity contribution in [1.82, 2.24) is 0 Å². The van der Waals surface area contributed by atoms with E-state index in [1.54, 1.807) is 36.4 Å². The van der Waals surface area contributed by atoms with Crippen molar-refractivity contribution in [2.45, 2.75) is 6.42 Å². The number of anilines is 2. The number of nitrogens with zero attached hydrogens (tertiary/aromatic N) is 2. The lowest BCUT2D eigenvalue weighted by Crippen LogP contribution is -2.56. The molecule has 1 aliphatic rings. The monoisotopic (exact) mass is 492 g/mol. The van der Waals surface area contributed by atoms with E-state index < -0.39 is 11.8 Å². The standard InChI is InChI=1S/C30H21FN2O2S/c31-24-9-7-8-23(19-24)18-21-14-16-22(17-15-21)20-27-28(34)32(25-10-3-1-4-11-25)30(36)33(29(27)35)26-12-5-2-6-13-26/h1-17,19-20H,18H2. The fraction of sp³-hybridized carbons (Fsp3) is 0.0333. The Bertz CT molecular complexity index is 1400. The fourth-order valence-electron chi connectivity index (χ4n) is 4.12. The van der Waals surface area contributed by atoms with Crippen LogP contribution in [0, 0.1) is 5.82 Å². The van der Waals surface area contributed by atoms with Crippen LogP contribution in [0.5, 0.6) is 0 Å². The number of halogens is 1. The summed E-state index contributed by atoms with van der Waals surface area (Å²) >= 11 is 5.63. The van der Waals surface area contributed by atoms with Crippen molar-refractivity contribution in [3.05, 3.63) is 137 Å². The molecule has 0 radical (unpaired) electrons. The van der Waals surface area contributed by atoms with Gasteiger partial charge in [0.25, 0.3) is 11.8 Å². The minimum atomic E-state index is -0.479. The Morgan fingerprint density at radius 1 is 0.667 bits per heavy atom.